The van der Waals surface area contributed by atoms with Crippen LogP contribution in [0.15, 0.2) is 64.9 Å². The Morgan fingerprint density at radius 3 is 2.97 bits per heavy atom. The Hall–Kier alpha value is -3.46. The molecule has 1 atom stereocenters. The van der Waals surface area contributed by atoms with Crippen molar-refractivity contribution in [1.82, 2.24) is 29.6 Å². The summed E-state index contributed by atoms with van der Waals surface area (Å²) in [4.78, 5) is 34.5. The first-order chi connectivity index (χ1) is 15.1. The Labute approximate surface area is 182 Å². The van der Waals surface area contributed by atoms with Crippen LogP contribution in [0.5, 0.6) is 0 Å². The van der Waals surface area contributed by atoms with E-state index in [-0.39, 0.29) is 23.9 Å². The highest BCUT2D eigenvalue weighted by molar-refractivity contribution is 7.99. The molecule has 1 aliphatic heterocycles. The van der Waals surface area contributed by atoms with E-state index in [1.807, 2.05) is 43.3 Å². The van der Waals surface area contributed by atoms with Gasteiger partial charge in [0, 0.05) is 31.1 Å². The third-order valence-electron chi connectivity index (χ3n) is 5.25. The molecule has 31 heavy (non-hydrogen) atoms. The normalized spacial score (nSPS) is 15.2. The fraction of sp³-hybridized carbons (Fsp3) is 0.227. The van der Waals surface area contributed by atoms with E-state index >= 15 is 0 Å². The lowest BCUT2D eigenvalue weighted by Gasteiger charge is -2.13. The van der Waals surface area contributed by atoms with Crippen molar-refractivity contribution in [1.29, 1.82) is 0 Å². The Morgan fingerprint density at radius 2 is 2.16 bits per heavy atom. The van der Waals surface area contributed by atoms with Gasteiger partial charge in [0.15, 0.2) is 10.8 Å². The molecular formula is C22H20N6O2S. The van der Waals surface area contributed by atoms with Crippen molar-refractivity contribution in [2.75, 3.05) is 5.75 Å². The van der Waals surface area contributed by atoms with Crippen molar-refractivity contribution in [3.8, 4) is 5.69 Å². The number of aryl methyl sites for hydroxylation is 1. The summed E-state index contributed by atoms with van der Waals surface area (Å²) < 4.78 is 3.33. The summed E-state index contributed by atoms with van der Waals surface area (Å²) in [6.45, 7) is 2.42. The van der Waals surface area contributed by atoms with Gasteiger partial charge in [-0.05, 0) is 36.2 Å². The fourth-order valence-electron chi connectivity index (χ4n) is 3.72. The van der Waals surface area contributed by atoms with Crippen LogP contribution < -0.4 is 10.9 Å². The molecule has 1 amide bonds. The summed E-state index contributed by atoms with van der Waals surface area (Å²) in [6.07, 6.45) is 5.19. The van der Waals surface area contributed by atoms with Gasteiger partial charge in [0.1, 0.15) is 5.39 Å². The number of pyridine rings is 1. The zero-order chi connectivity index (χ0) is 21.4. The van der Waals surface area contributed by atoms with Crippen LogP contribution in [0.4, 0.5) is 0 Å². The third kappa shape index (κ3) is 3.72. The second-order valence-corrected chi connectivity index (χ2v) is 8.50. The first-order valence-corrected chi connectivity index (χ1v) is 10.9. The summed E-state index contributed by atoms with van der Waals surface area (Å²) in [5.41, 5.74) is 3.28. The van der Waals surface area contributed by atoms with E-state index in [1.54, 1.807) is 27.8 Å². The van der Waals surface area contributed by atoms with Crippen LogP contribution in [0.2, 0.25) is 0 Å². The van der Waals surface area contributed by atoms with Gasteiger partial charge in [-0.1, -0.05) is 30.0 Å². The Bertz CT molecular complexity index is 1330. The first-order valence-electron chi connectivity index (χ1n) is 9.96. The average molecular weight is 433 g/mol. The van der Waals surface area contributed by atoms with Gasteiger partial charge in [0.2, 0.25) is 5.91 Å². The van der Waals surface area contributed by atoms with Crippen molar-refractivity contribution in [2.24, 2.45) is 0 Å². The fourth-order valence-corrected chi connectivity index (χ4v) is 4.85. The van der Waals surface area contributed by atoms with Crippen molar-refractivity contribution >= 4 is 28.7 Å². The Morgan fingerprint density at radius 1 is 1.26 bits per heavy atom. The van der Waals surface area contributed by atoms with Crippen LogP contribution in [0.1, 0.15) is 23.6 Å². The molecule has 5 rings (SSSR count). The average Bonchev–Trinajstić information content (AvgIpc) is 3.38. The van der Waals surface area contributed by atoms with Gasteiger partial charge in [0.25, 0.3) is 5.56 Å². The molecule has 156 valence electrons. The van der Waals surface area contributed by atoms with E-state index in [9.17, 15) is 9.59 Å². The van der Waals surface area contributed by atoms with Crippen LogP contribution >= 0.6 is 11.8 Å². The van der Waals surface area contributed by atoms with Crippen molar-refractivity contribution < 1.29 is 4.79 Å². The molecule has 0 bridgehead atoms. The highest BCUT2D eigenvalue weighted by Crippen LogP contribution is 2.33. The molecular weight excluding hydrogens is 412 g/mol. The molecule has 0 saturated carbocycles. The molecule has 1 aromatic carbocycles. The second kappa shape index (κ2) is 7.99. The third-order valence-corrected chi connectivity index (χ3v) is 6.35. The lowest BCUT2D eigenvalue weighted by molar-refractivity contribution is -0.121. The highest BCUT2D eigenvalue weighted by atomic mass is 32.2. The van der Waals surface area contributed by atoms with Gasteiger partial charge < -0.3 is 5.32 Å². The Balaban J connectivity index is 1.40. The number of fused-ring (bicyclic) bond motifs is 2. The SMILES string of the molecule is Cc1cccc(-n2ncc3c(=O)n4c(nc32)SCC4CC(=O)NCc2cccnc2)c1. The van der Waals surface area contributed by atoms with E-state index < -0.39 is 0 Å². The summed E-state index contributed by atoms with van der Waals surface area (Å²) in [6, 6.07) is 11.4. The number of benzene rings is 1. The molecule has 0 spiro atoms. The number of hydrogen-bond acceptors (Lipinski definition) is 6. The van der Waals surface area contributed by atoms with Crippen LogP contribution in [-0.4, -0.2) is 36.0 Å². The minimum atomic E-state index is -0.236. The van der Waals surface area contributed by atoms with Crippen molar-refractivity contribution in [2.45, 2.75) is 31.1 Å². The largest absolute Gasteiger partial charge is 0.352 e. The van der Waals surface area contributed by atoms with Gasteiger partial charge in [0.05, 0.1) is 17.9 Å². The van der Waals surface area contributed by atoms with Gasteiger partial charge >= 0.3 is 0 Å². The zero-order valence-corrected chi connectivity index (χ0v) is 17.7. The quantitative estimate of drug-likeness (QED) is 0.487. The molecule has 1 aliphatic rings. The maximum absolute atomic E-state index is 13.2. The molecule has 1 unspecified atom stereocenters. The number of rotatable bonds is 5. The lowest BCUT2D eigenvalue weighted by Crippen LogP contribution is -2.30. The summed E-state index contributed by atoms with van der Waals surface area (Å²) in [5, 5.41) is 8.38. The molecule has 4 heterocycles. The molecule has 8 nitrogen and oxygen atoms in total. The molecule has 9 heteroatoms. The molecule has 0 aliphatic carbocycles. The van der Waals surface area contributed by atoms with Gasteiger partial charge in [-0.15, -0.1) is 0 Å². The Kier molecular flexibility index (Phi) is 5.03. The molecule has 0 radical (unpaired) electrons. The molecule has 0 fully saturated rings. The van der Waals surface area contributed by atoms with Crippen LogP contribution in [0.3, 0.4) is 0 Å². The number of aromatic nitrogens is 5. The maximum atomic E-state index is 13.2. The van der Waals surface area contributed by atoms with E-state index in [1.165, 1.54) is 11.8 Å². The molecule has 0 saturated heterocycles. The number of amides is 1. The molecule has 1 N–H and O–H groups in total. The molecule has 3 aromatic heterocycles. The lowest BCUT2D eigenvalue weighted by atomic mass is 10.2. The minimum Gasteiger partial charge on any atom is -0.352 e. The van der Waals surface area contributed by atoms with E-state index in [2.05, 4.69) is 15.4 Å². The zero-order valence-electron chi connectivity index (χ0n) is 16.9. The first kappa shape index (κ1) is 19.5. The van der Waals surface area contributed by atoms with Gasteiger partial charge in [-0.25, -0.2) is 9.67 Å². The minimum absolute atomic E-state index is 0.107. The standard InChI is InChI=1S/C22H20N6O2S/c1-14-4-2-6-16(8-14)28-20-18(12-25-28)21(30)27-17(13-31-22(27)26-20)9-19(29)24-11-15-5-3-7-23-10-15/h2-8,10,12,17H,9,11,13H2,1H3,(H,24,29). The summed E-state index contributed by atoms with van der Waals surface area (Å²) in [5.74, 6) is 0.525. The molecule has 4 aromatic rings. The number of nitrogens with one attached hydrogen (secondary N) is 1. The number of nitrogens with zero attached hydrogens (tertiary/aromatic N) is 5. The van der Waals surface area contributed by atoms with Crippen LogP contribution in [0, 0.1) is 6.92 Å². The number of carbonyl (C=O) groups is 1. The van der Waals surface area contributed by atoms with Crippen LogP contribution in [0.25, 0.3) is 16.7 Å². The van der Waals surface area contributed by atoms with E-state index in [4.69, 9.17) is 4.98 Å². The predicted octanol–water partition coefficient (Wildman–Crippen LogP) is 2.64. The van der Waals surface area contributed by atoms with Crippen LogP contribution in [-0.2, 0) is 11.3 Å². The number of hydrogen-bond donors (Lipinski definition) is 1. The summed E-state index contributed by atoms with van der Waals surface area (Å²) >= 11 is 1.49. The van der Waals surface area contributed by atoms with Gasteiger partial charge in [-0.2, -0.15) is 5.10 Å². The monoisotopic (exact) mass is 432 g/mol. The number of carbonyl (C=O) groups excluding carboxylic acids is 1. The number of thioether (sulfide) groups is 1. The second-order valence-electron chi connectivity index (χ2n) is 7.51. The topological polar surface area (TPSA) is 94.7 Å². The van der Waals surface area contributed by atoms with Gasteiger partial charge in [-0.3, -0.25) is 19.1 Å². The predicted molar refractivity (Wildman–Crippen MR) is 118 cm³/mol. The maximum Gasteiger partial charge on any atom is 0.265 e. The highest BCUT2D eigenvalue weighted by Gasteiger charge is 2.29. The van der Waals surface area contributed by atoms with E-state index in [0.717, 1.165) is 16.8 Å². The van der Waals surface area contributed by atoms with E-state index in [0.29, 0.717) is 28.5 Å². The van der Waals surface area contributed by atoms with Crippen molar-refractivity contribution in [3.63, 3.8) is 0 Å². The summed E-state index contributed by atoms with van der Waals surface area (Å²) in [7, 11) is 0. The van der Waals surface area contributed by atoms with Crippen molar-refractivity contribution in [3.05, 3.63) is 76.5 Å². The smallest absolute Gasteiger partial charge is 0.265 e.